The first-order valence-electron chi connectivity index (χ1n) is 10.6. The van der Waals surface area contributed by atoms with Gasteiger partial charge in [0.25, 0.3) is 5.91 Å². The number of benzene rings is 3. The van der Waals surface area contributed by atoms with Gasteiger partial charge >= 0.3 is 0 Å². The molecule has 5 heteroatoms. The Labute approximate surface area is 181 Å². The molecule has 1 aliphatic rings. The lowest BCUT2D eigenvalue weighted by atomic mass is 10.0. The summed E-state index contributed by atoms with van der Waals surface area (Å²) in [6, 6.07) is 28.3. The number of hydrogen-bond acceptors (Lipinski definition) is 3. The average Bonchev–Trinajstić information content (AvgIpc) is 3.40. The van der Waals surface area contributed by atoms with Crippen molar-refractivity contribution in [3.05, 3.63) is 114 Å². The summed E-state index contributed by atoms with van der Waals surface area (Å²) in [6.45, 7) is 2.63. The minimum atomic E-state index is -0.159. The molecule has 1 amide bonds. The zero-order chi connectivity index (χ0) is 21.0. The first kappa shape index (κ1) is 19.3. The van der Waals surface area contributed by atoms with Crippen molar-refractivity contribution in [3.63, 3.8) is 0 Å². The van der Waals surface area contributed by atoms with Gasteiger partial charge in [0, 0.05) is 30.8 Å². The second-order valence-corrected chi connectivity index (χ2v) is 7.86. The van der Waals surface area contributed by atoms with E-state index in [1.54, 1.807) is 4.79 Å². The molecule has 2 heterocycles. The van der Waals surface area contributed by atoms with Crippen molar-refractivity contribution >= 4 is 5.91 Å². The standard InChI is InChI=1S/C26H24N4O/c31-26(23-13-11-22(12-14-23)21-9-5-2-6-10-21)28-30-25-19-29(18-24(25)17-27-30)16-15-20-7-3-1-4-8-20/h1-14,17H,15-16,18-19H2,(H,28,31). The molecule has 3 aromatic carbocycles. The Hall–Kier alpha value is -3.70. The van der Waals surface area contributed by atoms with Crippen LogP contribution in [0.15, 0.2) is 91.1 Å². The van der Waals surface area contributed by atoms with E-state index in [1.807, 2.05) is 54.7 Å². The van der Waals surface area contributed by atoms with Gasteiger partial charge in [0.05, 0.1) is 11.9 Å². The van der Waals surface area contributed by atoms with Crippen LogP contribution in [0.5, 0.6) is 0 Å². The van der Waals surface area contributed by atoms with Gasteiger partial charge in [-0.25, -0.2) is 5.43 Å². The van der Waals surface area contributed by atoms with E-state index in [2.05, 4.69) is 51.8 Å². The number of amides is 1. The van der Waals surface area contributed by atoms with Crippen molar-refractivity contribution in [1.82, 2.24) is 14.8 Å². The molecule has 0 fully saturated rings. The lowest BCUT2D eigenvalue weighted by Crippen LogP contribution is -2.27. The molecule has 5 rings (SSSR count). The van der Waals surface area contributed by atoms with E-state index >= 15 is 0 Å². The van der Waals surface area contributed by atoms with E-state index in [0.717, 1.165) is 42.9 Å². The molecule has 1 aliphatic heterocycles. The van der Waals surface area contributed by atoms with Crippen LogP contribution in [-0.2, 0) is 19.5 Å². The molecule has 31 heavy (non-hydrogen) atoms. The van der Waals surface area contributed by atoms with Crippen molar-refractivity contribution in [3.8, 4) is 11.1 Å². The molecule has 0 saturated carbocycles. The van der Waals surface area contributed by atoms with Crippen LogP contribution in [0.4, 0.5) is 0 Å². The molecule has 1 N–H and O–H groups in total. The Morgan fingerprint density at radius 1 is 0.839 bits per heavy atom. The molecular formula is C26H24N4O. The zero-order valence-corrected chi connectivity index (χ0v) is 17.2. The predicted molar refractivity (Wildman–Crippen MR) is 122 cm³/mol. The van der Waals surface area contributed by atoms with E-state index in [1.165, 1.54) is 11.1 Å². The molecule has 5 nitrogen and oxygen atoms in total. The van der Waals surface area contributed by atoms with Crippen LogP contribution >= 0.6 is 0 Å². The molecule has 0 bridgehead atoms. The molecular weight excluding hydrogens is 384 g/mol. The van der Waals surface area contributed by atoms with Crippen LogP contribution in [0.1, 0.15) is 27.2 Å². The summed E-state index contributed by atoms with van der Waals surface area (Å²) < 4.78 is 0. The Morgan fingerprint density at radius 3 is 2.26 bits per heavy atom. The monoisotopic (exact) mass is 408 g/mol. The minimum Gasteiger partial charge on any atom is -0.293 e. The van der Waals surface area contributed by atoms with Crippen LogP contribution in [-0.4, -0.2) is 27.2 Å². The fraction of sp³-hybridized carbons (Fsp3) is 0.154. The maximum Gasteiger partial charge on any atom is 0.271 e. The topological polar surface area (TPSA) is 50.2 Å². The number of rotatable bonds is 6. The van der Waals surface area contributed by atoms with Gasteiger partial charge in [0.15, 0.2) is 0 Å². The first-order valence-corrected chi connectivity index (χ1v) is 10.6. The van der Waals surface area contributed by atoms with E-state index in [-0.39, 0.29) is 5.91 Å². The van der Waals surface area contributed by atoms with Crippen molar-refractivity contribution in [2.45, 2.75) is 19.5 Å². The van der Waals surface area contributed by atoms with E-state index in [0.29, 0.717) is 5.56 Å². The third-order valence-electron chi connectivity index (χ3n) is 5.74. The maximum absolute atomic E-state index is 12.8. The lowest BCUT2D eigenvalue weighted by molar-refractivity contribution is 0.100. The highest BCUT2D eigenvalue weighted by Gasteiger charge is 2.24. The van der Waals surface area contributed by atoms with Crippen molar-refractivity contribution in [2.75, 3.05) is 12.0 Å². The molecule has 0 atom stereocenters. The zero-order valence-electron chi connectivity index (χ0n) is 17.2. The van der Waals surface area contributed by atoms with Crippen LogP contribution in [0.3, 0.4) is 0 Å². The van der Waals surface area contributed by atoms with Crippen LogP contribution in [0, 0.1) is 0 Å². The van der Waals surface area contributed by atoms with E-state index in [4.69, 9.17) is 0 Å². The number of nitrogens with one attached hydrogen (secondary N) is 1. The Kier molecular flexibility index (Phi) is 5.33. The third-order valence-corrected chi connectivity index (χ3v) is 5.74. The summed E-state index contributed by atoms with van der Waals surface area (Å²) in [5, 5.41) is 4.38. The van der Waals surface area contributed by atoms with E-state index < -0.39 is 0 Å². The second-order valence-electron chi connectivity index (χ2n) is 7.86. The fourth-order valence-electron chi connectivity index (χ4n) is 4.01. The normalized spacial score (nSPS) is 13.2. The number of hydrogen-bond donors (Lipinski definition) is 1. The Balaban J connectivity index is 1.22. The fourth-order valence-corrected chi connectivity index (χ4v) is 4.01. The summed E-state index contributed by atoms with van der Waals surface area (Å²) in [5.41, 5.74) is 9.34. The largest absolute Gasteiger partial charge is 0.293 e. The molecule has 0 radical (unpaired) electrons. The summed E-state index contributed by atoms with van der Waals surface area (Å²) in [5.74, 6) is -0.159. The molecule has 1 aromatic heterocycles. The van der Waals surface area contributed by atoms with E-state index in [9.17, 15) is 4.79 Å². The lowest BCUT2D eigenvalue weighted by Gasteiger charge is -2.15. The number of carbonyl (C=O) groups excluding carboxylic acids is 1. The van der Waals surface area contributed by atoms with Gasteiger partial charge in [-0.2, -0.15) is 9.89 Å². The predicted octanol–water partition coefficient (Wildman–Crippen LogP) is 4.49. The Morgan fingerprint density at radius 2 is 1.52 bits per heavy atom. The first-order chi connectivity index (χ1) is 15.3. The molecule has 0 aliphatic carbocycles. The number of nitrogens with zero attached hydrogens (tertiary/aromatic N) is 3. The summed E-state index contributed by atoms with van der Waals surface area (Å²) in [4.78, 5) is 16.8. The number of fused-ring (bicyclic) bond motifs is 1. The van der Waals surface area contributed by atoms with Crippen molar-refractivity contribution in [1.29, 1.82) is 0 Å². The summed E-state index contributed by atoms with van der Waals surface area (Å²) in [7, 11) is 0. The molecule has 154 valence electrons. The van der Waals surface area contributed by atoms with Crippen molar-refractivity contribution in [2.24, 2.45) is 0 Å². The molecule has 0 spiro atoms. The van der Waals surface area contributed by atoms with Gasteiger partial charge in [-0.05, 0) is 35.2 Å². The molecule has 0 unspecified atom stereocenters. The minimum absolute atomic E-state index is 0.159. The number of aromatic nitrogens is 2. The van der Waals surface area contributed by atoms with Crippen LogP contribution in [0.25, 0.3) is 11.1 Å². The van der Waals surface area contributed by atoms with Gasteiger partial charge in [0.2, 0.25) is 0 Å². The SMILES string of the molecule is O=C(Nn1ncc2c1CN(CCc1ccccc1)C2)c1ccc(-c2ccccc2)cc1. The highest BCUT2D eigenvalue weighted by atomic mass is 16.2. The van der Waals surface area contributed by atoms with Crippen molar-refractivity contribution < 1.29 is 4.79 Å². The van der Waals surface area contributed by atoms with Gasteiger partial charge in [0.1, 0.15) is 0 Å². The average molecular weight is 409 g/mol. The molecule has 0 saturated heterocycles. The maximum atomic E-state index is 12.8. The molecule has 4 aromatic rings. The summed E-state index contributed by atoms with van der Waals surface area (Å²) >= 11 is 0. The highest BCUT2D eigenvalue weighted by Crippen LogP contribution is 2.23. The Bertz CT molecular complexity index is 1170. The highest BCUT2D eigenvalue weighted by molar-refractivity contribution is 6.00. The second kappa shape index (κ2) is 8.58. The third kappa shape index (κ3) is 4.27. The van der Waals surface area contributed by atoms with Gasteiger partial charge in [-0.1, -0.05) is 72.8 Å². The number of carbonyl (C=O) groups is 1. The van der Waals surface area contributed by atoms with Crippen LogP contribution in [0.2, 0.25) is 0 Å². The smallest absolute Gasteiger partial charge is 0.271 e. The van der Waals surface area contributed by atoms with Gasteiger partial charge in [-0.3, -0.25) is 9.69 Å². The van der Waals surface area contributed by atoms with Gasteiger partial charge in [-0.15, -0.1) is 0 Å². The van der Waals surface area contributed by atoms with Crippen LogP contribution < -0.4 is 5.43 Å². The quantitative estimate of drug-likeness (QED) is 0.511. The van der Waals surface area contributed by atoms with Gasteiger partial charge < -0.3 is 0 Å². The summed E-state index contributed by atoms with van der Waals surface area (Å²) in [6.07, 6.45) is 2.87.